The highest BCUT2D eigenvalue weighted by Crippen LogP contribution is 2.35. The Bertz CT molecular complexity index is 318. The first kappa shape index (κ1) is 10.4. The molecule has 0 aromatic carbocycles. The Balaban J connectivity index is 2.11. The minimum Gasteiger partial charge on any atom is -0.339 e. The summed E-state index contributed by atoms with van der Waals surface area (Å²) in [5.74, 6) is 1.52. The minimum atomic E-state index is 0.396. The molecule has 0 spiro atoms. The van der Waals surface area contributed by atoms with Gasteiger partial charge in [-0.15, -0.1) is 0 Å². The van der Waals surface area contributed by atoms with Crippen LogP contribution in [-0.2, 0) is 0 Å². The van der Waals surface area contributed by atoms with Gasteiger partial charge in [0.25, 0.3) is 0 Å². The summed E-state index contributed by atoms with van der Waals surface area (Å²) in [5.41, 5.74) is 6.87. The number of aryl methyl sites for hydroxylation is 1. The number of anilines is 1. The molecule has 1 aromatic heterocycles. The zero-order chi connectivity index (χ0) is 10.8. The van der Waals surface area contributed by atoms with E-state index >= 15 is 0 Å². The third kappa shape index (κ3) is 2.26. The van der Waals surface area contributed by atoms with Crippen LogP contribution >= 0.6 is 0 Å². The van der Waals surface area contributed by atoms with Crippen LogP contribution in [0.15, 0.2) is 12.4 Å². The lowest BCUT2D eigenvalue weighted by Crippen LogP contribution is -2.40. The maximum absolute atomic E-state index is 5.78. The molecule has 82 valence electrons. The summed E-state index contributed by atoms with van der Waals surface area (Å²) in [4.78, 5) is 10.7. The smallest absolute Gasteiger partial charge is 0.225 e. The summed E-state index contributed by atoms with van der Waals surface area (Å²) in [5, 5.41) is 0. The zero-order valence-electron chi connectivity index (χ0n) is 9.35. The average Bonchev–Trinajstić information content (AvgIpc) is 3.04. The van der Waals surface area contributed by atoms with E-state index in [2.05, 4.69) is 14.9 Å². The Hall–Kier alpha value is -1.16. The Morgan fingerprint density at radius 3 is 2.53 bits per heavy atom. The van der Waals surface area contributed by atoms with Crippen molar-refractivity contribution in [2.45, 2.75) is 25.8 Å². The van der Waals surface area contributed by atoms with Gasteiger partial charge >= 0.3 is 0 Å². The molecule has 2 N–H and O–H groups in total. The largest absolute Gasteiger partial charge is 0.339 e. The van der Waals surface area contributed by atoms with Crippen LogP contribution in [0, 0.1) is 12.8 Å². The fourth-order valence-corrected chi connectivity index (χ4v) is 1.86. The summed E-state index contributed by atoms with van der Waals surface area (Å²) in [6.07, 6.45) is 6.27. The number of nitrogens with zero attached hydrogens (tertiary/aromatic N) is 3. The number of hydrogen-bond acceptors (Lipinski definition) is 4. The molecule has 1 fully saturated rings. The maximum Gasteiger partial charge on any atom is 0.225 e. The molecule has 1 saturated carbocycles. The van der Waals surface area contributed by atoms with Crippen molar-refractivity contribution in [3.8, 4) is 0 Å². The van der Waals surface area contributed by atoms with Gasteiger partial charge in [-0.3, -0.25) is 0 Å². The second-order valence-electron chi connectivity index (χ2n) is 4.31. The second kappa shape index (κ2) is 4.14. The first-order valence-electron chi connectivity index (χ1n) is 5.44. The standard InChI is InChI=1S/C11H18N4/c1-8-6-13-11(14-7-8)15(2)10(5-12)9-3-4-9/h6-7,9-10H,3-5,12H2,1-2H3. The minimum absolute atomic E-state index is 0.396. The SMILES string of the molecule is Cc1cnc(N(C)C(CN)C2CC2)nc1. The molecule has 15 heavy (non-hydrogen) atoms. The van der Waals surface area contributed by atoms with E-state index < -0.39 is 0 Å². The molecule has 0 amide bonds. The lowest BCUT2D eigenvalue weighted by atomic mass is 10.1. The lowest BCUT2D eigenvalue weighted by Gasteiger charge is -2.26. The van der Waals surface area contributed by atoms with Crippen molar-refractivity contribution >= 4 is 5.95 Å². The van der Waals surface area contributed by atoms with Crippen LogP contribution in [0.2, 0.25) is 0 Å². The highest BCUT2D eigenvalue weighted by atomic mass is 15.3. The molecular formula is C11H18N4. The highest BCUT2D eigenvalue weighted by molar-refractivity contribution is 5.31. The van der Waals surface area contributed by atoms with Gasteiger partial charge in [0.2, 0.25) is 5.95 Å². The Labute approximate surface area is 90.5 Å². The number of rotatable bonds is 4. The molecule has 0 saturated heterocycles. The van der Waals surface area contributed by atoms with Crippen LogP contribution < -0.4 is 10.6 Å². The molecule has 4 nitrogen and oxygen atoms in total. The van der Waals surface area contributed by atoms with Crippen LogP contribution in [0.1, 0.15) is 18.4 Å². The predicted octanol–water partition coefficient (Wildman–Crippen LogP) is 0.959. The van der Waals surface area contributed by atoms with E-state index in [-0.39, 0.29) is 0 Å². The van der Waals surface area contributed by atoms with Gasteiger partial charge in [0.1, 0.15) is 0 Å². The molecule has 1 aromatic rings. The van der Waals surface area contributed by atoms with E-state index in [1.165, 1.54) is 12.8 Å². The lowest BCUT2D eigenvalue weighted by molar-refractivity contribution is 0.561. The number of nitrogens with two attached hydrogens (primary N) is 1. The monoisotopic (exact) mass is 206 g/mol. The molecule has 0 bridgehead atoms. The highest BCUT2D eigenvalue weighted by Gasteiger charge is 2.33. The fourth-order valence-electron chi connectivity index (χ4n) is 1.86. The van der Waals surface area contributed by atoms with Gasteiger partial charge < -0.3 is 10.6 Å². The molecular weight excluding hydrogens is 188 g/mol. The average molecular weight is 206 g/mol. The third-order valence-electron chi connectivity index (χ3n) is 2.99. The summed E-state index contributed by atoms with van der Waals surface area (Å²) in [6.45, 7) is 2.67. The van der Waals surface area contributed by atoms with E-state index in [4.69, 9.17) is 5.73 Å². The van der Waals surface area contributed by atoms with Crippen LogP contribution in [0.3, 0.4) is 0 Å². The molecule has 0 radical (unpaired) electrons. The number of likely N-dealkylation sites (N-methyl/N-ethyl adjacent to an activating group) is 1. The van der Waals surface area contributed by atoms with Gasteiger partial charge in [0.05, 0.1) is 0 Å². The molecule has 0 aliphatic heterocycles. The zero-order valence-corrected chi connectivity index (χ0v) is 9.35. The summed E-state index contributed by atoms with van der Waals surface area (Å²) in [6, 6.07) is 0.396. The van der Waals surface area contributed by atoms with Crippen molar-refractivity contribution in [3.05, 3.63) is 18.0 Å². The first-order chi connectivity index (χ1) is 7.22. The fraction of sp³-hybridized carbons (Fsp3) is 0.636. The quantitative estimate of drug-likeness (QED) is 0.797. The van der Waals surface area contributed by atoms with Gasteiger partial charge in [-0.1, -0.05) is 0 Å². The molecule has 1 aliphatic rings. The van der Waals surface area contributed by atoms with Crippen molar-refractivity contribution in [2.24, 2.45) is 11.7 Å². The third-order valence-corrected chi connectivity index (χ3v) is 2.99. The van der Waals surface area contributed by atoms with Gasteiger partial charge in [-0.2, -0.15) is 0 Å². The van der Waals surface area contributed by atoms with E-state index in [1.807, 2.05) is 26.4 Å². The van der Waals surface area contributed by atoms with Crippen molar-refractivity contribution < 1.29 is 0 Å². The first-order valence-corrected chi connectivity index (χ1v) is 5.44. The number of aromatic nitrogens is 2. The Kier molecular flexibility index (Phi) is 2.86. The van der Waals surface area contributed by atoms with Crippen molar-refractivity contribution in [1.82, 2.24) is 9.97 Å². The summed E-state index contributed by atoms with van der Waals surface area (Å²) < 4.78 is 0. The summed E-state index contributed by atoms with van der Waals surface area (Å²) in [7, 11) is 2.03. The predicted molar refractivity (Wildman–Crippen MR) is 60.7 cm³/mol. The van der Waals surface area contributed by atoms with Crippen LogP contribution in [0.4, 0.5) is 5.95 Å². The van der Waals surface area contributed by atoms with E-state index in [9.17, 15) is 0 Å². The molecule has 4 heteroatoms. The Morgan fingerprint density at radius 2 is 2.07 bits per heavy atom. The van der Waals surface area contributed by atoms with Crippen molar-refractivity contribution in [1.29, 1.82) is 0 Å². The topological polar surface area (TPSA) is 55.0 Å². The van der Waals surface area contributed by atoms with E-state index in [1.54, 1.807) is 0 Å². The van der Waals surface area contributed by atoms with Gasteiger partial charge in [-0.05, 0) is 31.2 Å². The normalized spacial score (nSPS) is 17.5. The van der Waals surface area contributed by atoms with Gasteiger partial charge in [0.15, 0.2) is 0 Å². The van der Waals surface area contributed by atoms with Gasteiger partial charge in [-0.25, -0.2) is 9.97 Å². The van der Waals surface area contributed by atoms with Crippen LogP contribution in [-0.4, -0.2) is 29.6 Å². The Morgan fingerprint density at radius 1 is 1.47 bits per heavy atom. The molecule has 2 rings (SSSR count). The van der Waals surface area contributed by atoms with Gasteiger partial charge in [0, 0.05) is 32.0 Å². The van der Waals surface area contributed by atoms with Crippen molar-refractivity contribution in [2.75, 3.05) is 18.5 Å². The van der Waals surface area contributed by atoms with Crippen LogP contribution in [0.5, 0.6) is 0 Å². The van der Waals surface area contributed by atoms with Crippen LogP contribution in [0.25, 0.3) is 0 Å². The maximum atomic E-state index is 5.78. The number of hydrogen-bond donors (Lipinski definition) is 1. The summed E-state index contributed by atoms with van der Waals surface area (Å²) >= 11 is 0. The molecule has 1 unspecified atom stereocenters. The second-order valence-corrected chi connectivity index (χ2v) is 4.31. The molecule has 1 heterocycles. The molecule has 1 aliphatic carbocycles. The van der Waals surface area contributed by atoms with Crippen molar-refractivity contribution in [3.63, 3.8) is 0 Å². The van der Waals surface area contributed by atoms with E-state index in [0.717, 1.165) is 17.4 Å². The van der Waals surface area contributed by atoms with E-state index in [0.29, 0.717) is 12.6 Å². The molecule has 1 atom stereocenters.